The van der Waals surface area contributed by atoms with Crippen LogP contribution in [0, 0.1) is 5.82 Å². The Morgan fingerprint density at radius 3 is 1.85 bits per heavy atom. The Morgan fingerprint density at radius 1 is 0.900 bits per heavy atom. The Kier molecular flexibility index (Phi) is 13.9. The van der Waals surface area contributed by atoms with E-state index >= 15 is 0 Å². The lowest BCUT2D eigenvalue weighted by Gasteiger charge is -2.31. The van der Waals surface area contributed by atoms with Gasteiger partial charge in [-0.15, -0.1) is 11.3 Å². The molecular weight excluding hydrogens is 557 g/mol. The number of carbonyl (C=O) groups excluding carboxylic acids is 2. The first kappa shape index (κ1) is 33.6. The third-order valence-electron chi connectivity index (χ3n) is 5.01. The molecule has 5 N–H and O–H groups in total. The minimum atomic E-state index is -1.82. The zero-order valence-electron chi connectivity index (χ0n) is 21.5. The van der Waals surface area contributed by atoms with Gasteiger partial charge in [-0.2, -0.15) is 0 Å². The maximum absolute atomic E-state index is 13.3. The molecule has 0 atom stereocenters. The van der Waals surface area contributed by atoms with Crippen molar-refractivity contribution in [1.29, 1.82) is 0 Å². The molecule has 1 fully saturated rings. The van der Waals surface area contributed by atoms with E-state index in [1.807, 2.05) is 0 Å². The van der Waals surface area contributed by atoms with E-state index in [9.17, 15) is 14.0 Å². The summed E-state index contributed by atoms with van der Waals surface area (Å²) in [5.41, 5.74) is 1.63. The Hall–Kier alpha value is -4.41. The number of carbonyl (C=O) groups is 6. The van der Waals surface area contributed by atoms with Crippen LogP contribution in [0.1, 0.15) is 17.3 Å². The molecule has 2 heterocycles. The van der Waals surface area contributed by atoms with E-state index in [0.717, 1.165) is 26.2 Å². The Labute approximate surface area is 231 Å². The average Bonchev–Trinajstić information content (AvgIpc) is 3.30. The monoisotopic (exact) mass is 585 g/mol. The van der Waals surface area contributed by atoms with Crippen LogP contribution >= 0.6 is 11.3 Å². The summed E-state index contributed by atoms with van der Waals surface area (Å²) >= 11 is 1.27. The SMILES string of the molecule is CCOC(=O)c1c(-c2ccc(F)cc2)csc1NC(=O)CN1CCN(C)CC1.O=C(O)C(=O)O.O=C(O)C(=O)O. The van der Waals surface area contributed by atoms with Crippen LogP contribution in [-0.4, -0.2) is 112 Å². The van der Waals surface area contributed by atoms with E-state index in [-0.39, 0.29) is 24.9 Å². The number of carboxylic acids is 4. The van der Waals surface area contributed by atoms with Gasteiger partial charge in [0, 0.05) is 37.1 Å². The van der Waals surface area contributed by atoms with Crippen LogP contribution < -0.4 is 5.32 Å². The van der Waals surface area contributed by atoms with Crippen molar-refractivity contribution in [2.45, 2.75) is 6.92 Å². The molecule has 0 aliphatic carbocycles. The van der Waals surface area contributed by atoms with Crippen LogP contribution in [0.15, 0.2) is 29.6 Å². The van der Waals surface area contributed by atoms with E-state index in [1.165, 1.54) is 23.5 Å². The van der Waals surface area contributed by atoms with Gasteiger partial charge in [-0.1, -0.05) is 12.1 Å². The summed E-state index contributed by atoms with van der Waals surface area (Å²) in [7, 11) is 2.06. The molecule has 1 aromatic heterocycles. The molecule has 0 radical (unpaired) electrons. The number of hydrogen-bond acceptors (Lipinski definition) is 10. The maximum Gasteiger partial charge on any atom is 0.414 e. The molecule has 1 amide bonds. The van der Waals surface area contributed by atoms with Gasteiger partial charge in [0.05, 0.1) is 13.2 Å². The number of nitrogens with zero attached hydrogens (tertiary/aromatic N) is 2. The summed E-state index contributed by atoms with van der Waals surface area (Å²) in [4.78, 5) is 65.8. The van der Waals surface area contributed by atoms with Crippen molar-refractivity contribution in [3.05, 3.63) is 41.0 Å². The maximum atomic E-state index is 13.3. The molecule has 1 aliphatic heterocycles. The zero-order valence-corrected chi connectivity index (χ0v) is 22.3. The van der Waals surface area contributed by atoms with Crippen LogP contribution in [0.25, 0.3) is 11.1 Å². The van der Waals surface area contributed by atoms with Gasteiger partial charge in [0.15, 0.2) is 0 Å². The molecular formula is C24H28FN3O11S. The van der Waals surface area contributed by atoms with Crippen molar-refractivity contribution >= 4 is 52.1 Å². The summed E-state index contributed by atoms with van der Waals surface area (Å²) in [5, 5.41) is 34.7. The molecule has 16 heteroatoms. The highest BCUT2D eigenvalue weighted by Crippen LogP contribution is 2.36. The normalized spacial score (nSPS) is 13.0. The van der Waals surface area contributed by atoms with Crippen molar-refractivity contribution in [2.75, 3.05) is 51.7 Å². The summed E-state index contributed by atoms with van der Waals surface area (Å²) in [5.74, 6) is -8.31. The Balaban J connectivity index is 0.000000559. The van der Waals surface area contributed by atoms with E-state index < -0.39 is 29.8 Å². The number of thiophene rings is 1. The van der Waals surface area contributed by atoms with Crippen molar-refractivity contribution < 1.29 is 58.3 Å². The van der Waals surface area contributed by atoms with Gasteiger partial charge in [0.1, 0.15) is 16.4 Å². The molecule has 2 aromatic rings. The van der Waals surface area contributed by atoms with Crippen LogP contribution in [0.2, 0.25) is 0 Å². The molecule has 1 aromatic carbocycles. The highest BCUT2D eigenvalue weighted by atomic mass is 32.1. The minimum absolute atomic E-state index is 0.164. The van der Waals surface area contributed by atoms with Crippen LogP contribution in [-0.2, 0) is 28.7 Å². The summed E-state index contributed by atoms with van der Waals surface area (Å²) in [6.07, 6.45) is 0. The zero-order chi connectivity index (χ0) is 30.4. The second-order valence-corrected chi connectivity index (χ2v) is 8.81. The number of piperazine rings is 1. The predicted octanol–water partition coefficient (Wildman–Crippen LogP) is 1.23. The Morgan fingerprint density at radius 2 is 1.40 bits per heavy atom. The molecule has 3 rings (SSSR count). The third kappa shape index (κ3) is 11.5. The van der Waals surface area contributed by atoms with Gasteiger partial charge < -0.3 is 35.4 Å². The van der Waals surface area contributed by atoms with Crippen molar-refractivity contribution in [2.24, 2.45) is 0 Å². The van der Waals surface area contributed by atoms with Crippen molar-refractivity contribution in [3.63, 3.8) is 0 Å². The van der Waals surface area contributed by atoms with E-state index in [4.69, 9.17) is 44.3 Å². The molecule has 1 aliphatic rings. The highest BCUT2D eigenvalue weighted by molar-refractivity contribution is 7.15. The quantitative estimate of drug-likeness (QED) is 0.239. The molecule has 0 saturated carbocycles. The molecule has 1 saturated heterocycles. The smallest absolute Gasteiger partial charge is 0.414 e. The number of aliphatic carboxylic acids is 4. The fourth-order valence-electron chi connectivity index (χ4n) is 3.07. The lowest BCUT2D eigenvalue weighted by molar-refractivity contribution is -0.159. The van der Waals surface area contributed by atoms with Gasteiger partial charge in [-0.3, -0.25) is 9.69 Å². The largest absolute Gasteiger partial charge is 0.473 e. The summed E-state index contributed by atoms with van der Waals surface area (Å²) in [6.45, 7) is 5.75. The number of ether oxygens (including phenoxy) is 1. The first-order chi connectivity index (χ1) is 18.8. The third-order valence-corrected chi connectivity index (χ3v) is 5.90. The topological polar surface area (TPSA) is 211 Å². The standard InChI is InChI=1S/C20H24FN3O3S.2C2H2O4/c1-3-27-20(26)18-16(14-4-6-15(21)7-5-14)13-28-19(18)22-17(25)12-24-10-8-23(2)9-11-24;2*3-1(4)2(5)6/h4-7,13H,3,8-12H2,1-2H3,(H,22,25);2*(H,3,4)(H,5,6). The number of nitrogens with one attached hydrogen (secondary N) is 1. The molecule has 40 heavy (non-hydrogen) atoms. The number of likely N-dealkylation sites (N-methyl/N-ethyl adjacent to an activating group) is 1. The number of amides is 1. The van der Waals surface area contributed by atoms with Crippen LogP contribution in [0.4, 0.5) is 9.39 Å². The van der Waals surface area contributed by atoms with E-state index in [2.05, 4.69) is 22.2 Å². The summed E-state index contributed by atoms with van der Waals surface area (Å²) in [6, 6.07) is 5.90. The highest BCUT2D eigenvalue weighted by Gasteiger charge is 2.24. The van der Waals surface area contributed by atoms with E-state index in [0.29, 0.717) is 21.7 Å². The van der Waals surface area contributed by atoms with Gasteiger partial charge >= 0.3 is 29.8 Å². The molecule has 14 nitrogen and oxygen atoms in total. The molecule has 0 spiro atoms. The number of esters is 1. The number of benzene rings is 1. The van der Waals surface area contributed by atoms with Gasteiger partial charge in [0.2, 0.25) is 5.91 Å². The summed E-state index contributed by atoms with van der Waals surface area (Å²) < 4.78 is 18.4. The van der Waals surface area contributed by atoms with Gasteiger partial charge in [0.25, 0.3) is 0 Å². The van der Waals surface area contributed by atoms with Crippen molar-refractivity contribution in [3.8, 4) is 11.1 Å². The molecule has 0 unspecified atom stereocenters. The van der Waals surface area contributed by atoms with E-state index in [1.54, 1.807) is 24.4 Å². The van der Waals surface area contributed by atoms with Crippen molar-refractivity contribution in [1.82, 2.24) is 9.80 Å². The first-order valence-corrected chi connectivity index (χ1v) is 12.3. The number of hydrogen-bond donors (Lipinski definition) is 5. The number of anilines is 1. The second kappa shape index (κ2) is 16.5. The second-order valence-electron chi connectivity index (χ2n) is 7.93. The number of halogens is 1. The van der Waals surface area contributed by atoms with Gasteiger partial charge in [-0.05, 0) is 31.7 Å². The first-order valence-electron chi connectivity index (χ1n) is 11.4. The van der Waals surface area contributed by atoms with Crippen LogP contribution in [0.3, 0.4) is 0 Å². The average molecular weight is 586 g/mol. The fourth-order valence-corrected chi connectivity index (χ4v) is 4.05. The lowest BCUT2D eigenvalue weighted by atomic mass is 10.0. The minimum Gasteiger partial charge on any atom is -0.473 e. The molecule has 0 bridgehead atoms. The fraction of sp³-hybridized carbons (Fsp3) is 0.333. The van der Waals surface area contributed by atoms with Crippen LogP contribution in [0.5, 0.6) is 0 Å². The van der Waals surface area contributed by atoms with Gasteiger partial charge in [-0.25, -0.2) is 28.4 Å². The number of rotatable bonds is 6. The Bertz CT molecular complexity index is 1160. The number of carboxylic acid groups (broad SMARTS) is 4. The lowest BCUT2D eigenvalue weighted by Crippen LogP contribution is -2.47. The predicted molar refractivity (Wildman–Crippen MR) is 139 cm³/mol. The molecule has 218 valence electrons.